The number of nitrogens with zero attached hydrogens (tertiary/aromatic N) is 4. The van der Waals surface area contributed by atoms with Gasteiger partial charge in [-0.25, -0.2) is 14.4 Å². The molecule has 2 aliphatic heterocycles. The summed E-state index contributed by atoms with van der Waals surface area (Å²) in [7, 11) is 0. The van der Waals surface area contributed by atoms with Gasteiger partial charge in [0.1, 0.15) is 11.6 Å². The molecule has 2 aliphatic rings. The molecule has 1 fully saturated rings. The molecule has 0 bridgehead atoms. The fourth-order valence-corrected chi connectivity index (χ4v) is 4.58. The highest BCUT2D eigenvalue weighted by molar-refractivity contribution is 5.94. The van der Waals surface area contributed by atoms with Crippen molar-refractivity contribution < 1.29 is 9.18 Å². The zero-order valence-corrected chi connectivity index (χ0v) is 17.1. The molecule has 1 N–H and O–H groups in total. The number of piperidine rings is 1. The van der Waals surface area contributed by atoms with E-state index in [1.165, 1.54) is 12.1 Å². The molecule has 1 spiro atoms. The Labute approximate surface area is 174 Å². The van der Waals surface area contributed by atoms with E-state index in [4.69, 9.17) is 4.98 Å². The van der Waals surface area contributed by atoms with Crippen LogP contribution in [0.5, 0.6) is 0 Å². The number of hydrogen-bond donors (Lipinski definition) is 1. The highest BCUT2D eigenvalue weighted by Gasteiger charge is 2.44. The third-order valence-electron chi connectivity index (χ3n) is 6.16. The van der Waals surface area contributed by atoms with Gasteiger partial charge in [-0.1, -0.05) is 13.8 Å². The molecule has 6 nitrogen and oxygen atoms in total. The Kier molecular flexibility index (Phi) is 4.34. The minimum absolute atomic E-state index is 0.0564. The van der Waals surface area contributed by atoms with Crippen molar-refractivity contribution in [3.8, 4) is 5.82 Å². The van der Waals surface area contributed by atoms with E-state index >= 15 is 0 Å². The summed E-state index contributed by atoms with van der Waals surface area (Å²) in [5.74, 6) is 1.75. The molecule has 0 atom stereocenters. The van der Waals surface area contributed by atoms with E-state index < -0.39 is 0 Å². The number of carbonyl (C=O) groups excluding carboxylic acids is 1. The second-order valence-electron chi connectivity index (χ2n) is 8.37. The number of imidazole rings is 1. The lowest BCUT2D eigenvalue weighted by molar-refractivity contribution is 0.0676. The molecule has 1 saturated heterocycles. The Bertz CT molecular complexity index is 1100. The molecule has 0 unspecified atom stereocenters. The van der Waals surface area contributed by atoms with Crippen LogP contribution in [-0.4, -0.2) is 38.4 Å². The average Bonchev–Trinajstić information content (AvgIpc) is 3.21. The van der Waals surface area contributed by atoms with E-state index in [0.717, 1.165) is 35.9 Å². The summed E-state index contributed by atoms with van der Waals surface area (Å²) >= 11 is 0. The van der Waals surface area contributed by atoms with Crippen LogP contribution in [-0.2, 0) is 5.54 Å². The molecule has 0 aliphatic carbocycles. The Hall–Kier alpha value is -3.22. The predicted octanol–water partition coefficient (Wildman–Crippen LogP) is 4.09. The largest absolute Gasteiger partial charge is 0.371 e. The molecule has 1 amide bonds. The van der Waals surface area contributed by atoms with Crippen LogP contribution >= 0.6 is 0 Å². The average molecular weight is 405 g/mol. The normalized spacial score (nSPS) is 16.9. The number of hydrogen-bond acceptors (Lipinski definition) is 4. The summed E-state index contributed by atoms with van der Waals surface area (Å²) < 4.78 is 15.4. The first-order valence-electron chi connectivity index (χ1n) is 10.3. The summed E-state index contributed by atoms with van der Waals surface area (Å²) in [5.41, 5.74) is 2.32. The van der Waals surface area contributed by atoms with E-state index in [2.05, 4.69) is 28.7 Å². The number of nitrogens with one attached hydrogen (secondary N) is 1. The van der Waals surface area contributed by atoms with Gasteiger partial charge in [0.2, 0.25) is 0 Å². The molecule has 4 heterocycles. The lowest BCUT2D eigenvalue weighted by Gasteiger charge is -2.45. The van der Waals surface area contributed by atoms with Crippen molar-refractivity contribution in [2.75, 3.05) is 18.4 Å². The maximum Gasteiger partial charge on any atom is 0.253 e. The fraction of sp³-hybridized carbons (Fsp3) is 0.348. The maximum absolute atomic E-state index is 13.2. The minimum atomic E-state index is -0.336. The summed E-state index contributed by atoms with van der Waals surface area (Å²) in [6, 6.07) is 9.74. The second-order valence-corrected chi connectivity index (χ2v) is 8.37. The summed E-state index contributed by atoms with van der Waals surface area (Å²) in [6.45, 7) is 5.50. The summed E-state index contributed by atoms with van der Waals surface area (Å²) in [6.07, 6.45) is 5.28. The third kappa shape index (κ3) is 2.88. The highest BCUT2D eigenvalue weighted by Crippen LogP contribution is 2.44. The minimum Gasteiger partial charge on any atom is -0.371 e. The van der Waals surface area contributed by atoms with E-state index in [0.29, 0.717) is 18.7 Å². The van der Waals surface area contributed by atoms with Gasteiger partial charge in [0, 0.05) is 30.8 Å². The Balaban J connectivity index is 1.46. The number of amides is 1. The van der Waals surface area contributed by atoms with Crippen LogP contribution in [0, 0.1) is 5.82 Å². The first-order chi connectivity index (χ1) is 14.5. The van der Waals surface area contributed by atoms with Crippen molar-refractivity contribution in [3.63, 3.8) is 0 Å². The van der Waals surface area contributed by atoms with Gasteiger partial charge in [-0.2, -0.15) is 0 Å². The van der Waals surface area contributed by atoms with Crippen molar-refractivity contribution in [2.45, 2.75) is 38.1 Å². The van der Waals surface area contributed by atoms with Crippen LogP contribution in [0.1, 0.15) is 54.5 Å². The standard InChI is InChI=1S/C23H24FN5O/c1-15(2)20-26-14-19-23(27-18-4-3-11-25-21(18)29(19)20)9-12-28(13-10-23)22(30)16-5-7-17(24)8-6-16/h3-8,11,14-15,27H,9-10,12-13H2,1-2H3. The van der Waals surface area contributed by atoms with Gasteiger partial charge in [-0.15, -0.1) is 0 Å². The number of aromatic nitrogens is 3. The van der Waals surface area contributed by atoms with Crippen molar-refractivity contribution >= 4 is 11.6 Å². The summed E-state index contributed by atoms with van der Waals surface area (Å²) in [4.78, 5) is 24.1. The number of rotatable bonds is 2. The van der Waals surface area contributed by atoms with E-state index in [1.807, 2.05) is 23.2 Å². The zero-order chi connectivity index (χ0) is 20.9. The Morgan fingerprint density at radius 2 is 1.87 bits per heavy atom. The summed E-state index contributed by atoms with van der Waals surface area (Å²) in [5, 5.41) is 3.72. The van der Waals surface area contributed by atoms with E-state index in [-0.39, 0.29) is 23.2 Å². The van der Waals surface area contributed by atoms with Crippen molar-refractivity contribution in [3.05, 3.63) is 71.7 Å². The van der Waals surface area contributed by atoms with Gasteiger partial charge in [-0.05, 0) is 49.2 Å². The van der Waals surface area contributed by atoms with Gasteiger partial charge >= 0.3 is 0 Å². The molecular formula is C23H24FN5O. The maximum atomic E-state index is 13.2. The van der Waals surface area contributed by atoms with Crippen molar-refractivity contribution in [1.82, 2.24) is 19.4 Å². The molecule has 154 valence electrons. The fourth-order valence-electron chi connectivity index (χ4n) is 4.58. The molecule has 1 aromatic carbocycles. The van der Waals surface area contributed by atoms with Gasteiger partial charge in [0.05, 0.1) is 23.1 Å². The number of pyridine rings is 1. The molecule has 0 radical (unpaired) electrons. The Morgan fingerprint density at radius 3 is 2.57 bits per heavy atom. The first kappa shape index (κ1) is 18.8. The number of likely N-dealkylation sites (tertiary alicyclic amines) is 1. The van der Waals surface area contributed by atoms with Gasteiger partial charge in [-0.3, -0.25) is 9.36 Å². The van der Waals surface area contributed by atoms with Crippen LogP contribution < -0.4 is 5.32 Å². The van der Waals surface area contributed by atoms with Gasteiger partial charge in [0.15, 0.2) is 5.82 Å². The molecule has 5 rings (SSSR count). The van der Waals surface area contributed by atoms with Gasteiger partial charge < -0.3 is 10.2 Å². The molecule has 0 saturated carbocycles. The number of fused-ring (bicyclic) bond motifs is 4. The predicted molar refractivity (Wildman–Crippen MR) is 112 cm³/mol. The Morgan fingerprint density at radius 1 is 1.13 bits per heavy atom. The van der Waals surface area contributed by atoms with Crippen molar-refractivity contribution in [2.24, 2.45) is 0 Å². The van der Waals surface area contributed by atoms with Crippen LogP contribution in [0.2, 0.25) is 0 Å². The molecule has 7 heteroatoms. The zero-order valence-electron chi connectivity index (χ0n) is 17.1. The van der Waals surface area contributed by atoms with E-state index in [9.17, 15) is 9.18 Å². The van der Waals surface area contributed by atoms with Crippen LogP contribution in [0.15, 0.2) is 48.8 Å². The van der Waals surface area contributed by atoms with Crippen LogP contribution in [0.25, 0.3) is 5.82 Å². The number of benzene rings is 1. The molecule has 3 aromatic rings. The lowest BCUT2D eigenvalue weighted by atomic mass is 9.82. The molecule has 30 heavy (non-hydrogen) atoms. The van der Waals surface area contributed by atoms with Gasteiger partial charge in [0.25, 0.3) is 5.91 Å². The second kappa shape index (κ2) is 6.93. The smallest absolute Gasteiger partial charge is 0.253 e. The third-order valence-corrected chi connectivity index (χ3v) is 6.16. The van der Waals surface area contributed by atoms with Crippen LogP contribution in [0.4, 0.5) is 10.1 Å². The lowest BCUT2D eigenvalue weighted by Crippen LogP contribution is -2.51. The number of carbonyl (C=O) groups is 1. The first-order valence-corrected chi connectivity index (χ1v) is 10.3. The topological polar surface area (TPSA) is 63.1 Å². The molecule has 2 aromatic heterocycles. The number of anilines is 1. The van der Waals surface area contributed by atoms with Crippen LogP contribution in [0.3, 0.4) is 0 Å². The quantitative estimate of drug-likeness (QED) is 0.698. The number of halogens is 1. The highest BCUT2D eigenvalue weighted by atomic mass is 19.1. The molecular weight excluding hydrogens is 381 g/mol. The monoisotopic (exact) mass is 405 g/mol. The van der Waals surface area contributed by atoms with E-state index in [1.54, 1.807) is 18.3 Å². The SMILES string of the molecule is CC(C)c1ncc2n1-c1ncccc1NC21CCN(C(=O)c2ccc(F)cc2)CC1. The van der Waals surface area contributed by atoms with Crippen molar-refractivity contribution in [1.29, 1.82) is 0 Å².